The molecule has 1 aliphatic carbocycles. The summed E-state index contributed by atoms with van der Waals surface area (Å²) in [5.41, 5.74) is 7.38. The third-order valence-electron chi connectivity index (χ3n) is 7.35. The molecular weight excluding hydrogens is 460 g/mol. The molecule has 0 radical (unpaired) electrons. The zero-order valence-corrected chi connectivity index (χ0v) is 21.2. The number of benzene rings is 2. The van der Waals surface area contributed by atoms with E-state index in [0.717, 1.165) is 57.9 Å². The summed E-state index contributed by atoms with van der Waals surface area (Å²) in [5.74, 6) is -0.197. The van der Waals surface area contributed by atoms with E-state index in [2.05, 4.69) is 52.1 Å². The molecule has 6 heteroatoms. The minimum Gasteiger partial charge on any atom is -0.383 e. The molecule has 1 aromatic heterocycles. The average Bonchev–Trinajstić information content (AvgIpc) is 2.96. The second-order valence-electron chi connectivity index (χ2n) is 9.82. The van der Waals surface area contributed by atoms with Crippen LogP contribution in [0.5, 0.6) is 0 Å². The van der Waals surface area contributed by atoms with Crippen LogP contribution in [0, 0.1) is 0 Å². The molecule has 0 bridgehead atoms. The molecule has 3 aromatic rings. The number of aryl methyl sites for hydroxylation is 1. The monoisotopic (exact) mass is 494 g/mol. The van der Waals surface area contributed by atoms with Gasteiger partial charge >= 0.3 is 0 Å². The van der Waals surface area contributed by atoms with Crippen molar-refractivity contribution < 1.29 is 9.59 Å². The zero-order chi connectivity index (χ0) is 25.5. The maximum absolute atomic E-state index is 12.6. The van der Waals surface area contributed by atoms with Gasteiger partial charge in [-0.2, -0.15) is 0 Å². The summed E-state index contributed by atoms with van der Waals surface area (Å²) in [4.78, 5) is 31.1. The predicted octanol–water partition coefficient (Wildman–Crippen LogP) is 4.97. The van der Waals surface area contributed by atoms with Crippen LogP contribution in [0.3, 0.4) is 0 Å². The largest absolute Gasteiger partial charge is 0.383 e. The number of carbonyl (C=O) groups is 2. The Morgan fingerprint density at radius 3 is 2.73 bits per heavy atom. The predicted molar refractivity (Wildman–Crippen MR) is 145 cm³/mol. The summed E-state index contributed by atoms with van der Waals surface area (Å²) in [6.45, 7) is 2.31. The maximum Gasteiger partial charge on any atom is 0.252 e. The Balaban J connectivity index is 1.25. The van der Waals surface area contributed by atoms with Gasteiger partial charge in [-0.25, -0.2) is 0 Å². The van der Waals surface area contributed by atoms with Crippen LogP contribution in [-0.2, 0) is 19.4 Å². The number of rotatable bonds is 9. The number of hydrogen-bond acceptors (Lipinski definition) is 5. The van der Waals surface area contributed by atoms with E-state index >= 15 is 0 Å². The number of nitrogens with zero attached hydrogens (tertiary/aromatic N) is 2. The van der Waals surface area contributed by atoms with E-state index in [1.807, 2.05) is 12.3 Å². The summed E-state index contributed by atoms with van der Waals surface area (Å²) in [6.07, 6.45) is 11.0. The van der Waals surface area contributed by atoms with Crippen molar-refractivity contribution in [1.82, 2.24) is 20.5 Å². The van der Waals surface area contributed by atoms with Crippen LogP contribution in [0.15, 0.2) is 78.8 Å². The van der Waals surface area contributed by atoms with Crippen molar-refractivity contribution in [3.8, 4) is 0 Å². The molecule has 6 nitrogen and oxygen atoms in total. The lowest BCUT2D eigenvalue weighted by Gasteiger charge is -2.35. The van der Waals surface area contributed by atoms with E-state index in [0.29, 0.717) is 17.7 Å². The van der Waals surface area contributed by atoms with Crippen molar-refractivity contribution in [1.29, 1.82) is 0 Å². The fraction of sp³-hybridized carbons (Fsp3) is 0.323. The number of pyridine rings is 1. The van der Waals surface area contributed by atoms with Gasteiger partial charge in [0.05, 0.1) is 11.7 Å². The van der Waals surface area contributed by atoms with E-state index in [1.54, 1.807) is 24.3 Å². The number of carbonyl (C=O) groups excluding carboxylic acids is 2. The van der Waals surface area contributed by atoms with Gasteiger partial charge in [-0.3, -0.25) is 14.6 Å². The standard InChI is InChI=1S/C31H34N4O2/c36-22-26-11-3-4-14-28(26)31(37)33-16-5-6-18-35(29-15-7-12-23-13-8-17-32-30(23)29)21-27-19-24-9-1-2-10-25(24)20-34-27/h1-4,8-11,13-14,17,21-22,29,34H,5-7,12,15-16,18-20H2,(H,33,37)/b27-21+. The molecule has 5 rings (SSSR count). The van der Waals surface area contributed by atoms with Crippen LogP contribution in [-0.4, -0.2) is 35.2 Å². The average molecular weight is 495 g/mol. The van der Waals surface area contributed by atoms with Crippen LogP contribution in [0.4, 0.5) is 0 Å². The topological polar surface area (TPSA) is 74.3 Å². The number of fused-ring (bicyclic) bond motifs is 2. The second kappa shape index (κ2) is 11.9. The van der Waals surface area contributed by atoms with Gasteiger partial charge in [0.25, 0.3) is 5.91 Å². The molecule has 1 atom stereocenters. The molecule has 0 saturated carbocycles. The molecule has 0 saturated heterocycles. The molecule has 2 aromatic carbocycles. The highest BCUT2D eigenvalue weighted by molar-refractivity contribution is 6.01. The molecule has 0 fully saturated rings. The maximum atomic E-state index is 12.6. The molecule has 37 heavy (non-hydrogen) atoms. The third-order valence-corrected chi connectivity index (χ3v) is 7.35. The summed E-state index contributed by atoms with van der Waals surface area (Å²) in [5, 5.41) is 6.61. The van der Waals surface area contributed by atoms with Crippen molar-refractivity contribution >= 4 is 12.2 Å². The summed E-state index contributed by atoms with van der Waals surface area (Å²) in [7, 11) is 0. The molecule has 2 N–H and O–H groups in total. The first-order valence-electron chi connectivity index (χ1n) is 13.3. The van der Waals surface area contributed by atoms with Gasteiger partial charge in [0.1, 0.15) is 0 Å². The van der Waals surface area contributed by atoms with Crippen molar-refractivity contribution in [2.24, 2.45) is 0 Å². The molecule has 1 amide bonds. The first-order valence-corrected chi connectivity index (χ1v) is 13.3. The lowest BCUT2D eigenvalue weighted by molar-refractivity contribution is 0.0947. The van der Waals surface area contributed by atoms with Gasteiger partial charge in [-0.1, -0.05) is 48.5 Å². The first kappa shape index (κ1) is 24.8. The number of nitrogens with one attached hydrogen (secondary N) is 2. The third kappa shape index (κ3) is 5.91. The number of aldehydes is 1. The summed E-state index contributed by atoms with van der Waals surface area (Å²) in [6, 6.07) is 20.0. The molecule has 1 unspecified atom stereocenters. The molecule has 2 aliphatic rings. The number of aromatic nitrogens is 1. The minimum atomic E-state index is -0.197. The second-order valence-corrected chi connectivity index (χ2v) is 9.82. The zero-order valence-electron chi connectivity index (χ0n) is 21.2. The van der Waals surface area contributed by atoms with Crippen LogP contribution in [0.2, 0.25) is 0 Å². The lowest BCUT2D eigenvalue weighted by Crippen LogP contribution is -2.32. The van der Waals surface area contributed by atoms with Crippen molar-refractivity contribution in [2.45, 2.75) is 51.1 Å². The SMILES string of the molecule is O=Cc1ccccc1C(=O)NCCCCN(/C=C1\Cc2ccccc2CN1)C1CCCc2cccnc21. The molecule has 0 spiro atoms. The number of unbranched alkanes of at least 4 members (excludes halogenated alkanes) is 1. The Morgan fingerprint density at radius 2 is 1.84 bits per heavy atom. The molecule has 2 heterocycles. The van der Waals surface area contributed by atoms with Crippen LogP contribution in [0.1, 0.15) is 74.8 Å². The van der Waals surface area contributed by atoms with E-state index < -0.39 is 0 Å². The van der Waals surface area contributed by atoms with Crippen molar-refractivity contribution in [3.05, 3.63) is 112 Å². The van der Waals surface area contributed by atoms with Crippen LogP contribution < -0.4 is 10.6 Å². The molecular formula is C31H34N4O2. The normalized spacial score (nSPS) is 17.3. The van der Waals surface area contributed by atoms with Gasteiger partial charge in [0, 0.05) is 55.3 Å². The Bertz CT molecular complexity index is 1290. The Hall–Kier alpha value is -3.93. The summed E-state index contributed by atoms with van der Waals surface area (Å²) < 4.78 is 0. The van der Waals surface area contributed by atoms with E-state index in [1.165, 1.54) is 28.1 Å². The van der Waals surface area contributed by atoms with Crippen molar-refractivity contribution in [3.63, 3.8) is 0 Å². The van der Waals surface area contributed by atoms with Gasteiger partial charge in [0.15, 0.2) is 6.29 Å². The first-order chi connectivity index (χ1) is 18.2. The number of allylic oxidation sites excluding steroid dienone is 1. The minimum absolute atomic E-state index is 0.197. The quantitative estimate of drug-likeness (QED) is 0.325. The summed E-state index contributed by atoms with van der Waals surface area (Å²) >= 11 is 0. The fourth-order valence-electron chi connectivity index (χ4n) is 5.41. The van der Waals surface area contributed by atoms with Gasteiger partial charge in [-0.15, -0.1) is 0 Å². The van der Waals surface area contributed by atoms with Gasteiger partial charge < -0.3 is 15.5 Å². The lowest BCUT2D eigenvalue weighted by atomic mass is 9.90. The number of amides is 1. The molecule has 190 valence electrons. The van der Waals surface area contributed by atoms with Crippen molar-refractivity contribution in [2.75, 3.05) is 13.1 Å². The highest BCUT2D eigenvalue weighted by Crippen LogP contribution is 2.34. The van der Waals surface area contributed by atoms with E-state index in [9.17, 15) is 9.59 Å². The highest BCUT2D eigenvalue weighted by Gasteiger charge is 2.26. The van der Waals surface area contributed by atoms with Gasteiger partial charge in [0.2, 0.25) is 0 Å². The Morgan fingerprint density at radius 1 is 1.03 bits per heavy atom. The van der Waals surface area contributed by atoms with Crippen LogP contribution >= 0.6 is 0 Å². The molecule has 1 aliphatic heterocycles. The highest BCUT2D eigenvalue weighted by atomic mass is 16.1. The van der Waals surface area contributed by atoms with E-state index in [-0.39, 0.29) is 11.9 Å². The fourth-order valence-corrected chi connectivity index (χ4v) is 5.41. The smallest absolute Gasteiger partial charge is 0.252 e. The van der Waals surface area contributed by atoms with Gasteiger partial charge in [-0.05, 0) is 60.9 Å². The van der Waals surface area contributed by atoms with Crippen LogP contribution in [0.25, 0.3) is 0 Å². The van der Waals surface area contributed by atoms with E-state index in [4.69, 9.17) is 4.98 Å². The Kier molecular flexibility index (Phi) is 7.94. The Labute approximate surface area is 218 Å². The number of hydrogen-bond donors (Lipinski definition) is 2.